The van der Waals surface area contributed by atoms with Crippen molar-refractivity contribution in [3.63, 3.8) is 0 Å². The molecule has 0 amide bonds. The van der Waals surface area contributed by atoms with Gasteiger partial charge in [-0.15, -0.1) is 0 Å². The van der Waals surface area contributed by atoms with E-state index in [1.165, 1.54) is 13.2 Å². The van der Waals surface area contributed by atoms with E-state index in [4.69, 9.17) is 4.74 Å². The van der Waals surface area contributed by atoms with Gasteiger partial charge in [-0.1, -0.05) is 0 Å². The van der Waals surface area contributed by atoms with Crippen LogP contribution >= 0.6 is 15.9 Å². The molecule has 128 valence electrons. The smallest absolute Gasteiger partial charge is 0.312 e. The molecule has 6 nitrogen and oxygen atoms in total. The Bertz CT molecular complexity index is 585. The van der Waals surface area contributed by atoms with Crippen LogP contribution in [0.1, 0.15) is 13.8 Å². The number of hydrogen-bond donors (Lipinski definition) is 0. The molecule has 1 unspecified atom stereocenters. The molecule has 2 rings (SSSR count). The van der Waals surface area contributed by atoms with Crippen LogP contribution in [0.5, 0.6) is 5.75 Å². The molecule has 0 spiro atoms. The quantitative estimate of drug-likeness (QED) is 0.571. The Morgan fingerprint density at radius 2 is 2.17 bits per heavy atom. The number of nitro benzene ring substituents is 1. The van der Waals surface area contributed by atoms with E-state index < -0.39 is 11.6 Å². The lowest BCUT2D eigenvalue weighted by atomic mass is 10.1. The highest BCUT2D eigenvalue weighted by Crippen LogP contribution is 2.38. The van der Waals surface area contributed by atoms with Crippen LogP contribution in [0.4, 0.5) is 15.8 Å². The van der Waals surface area contributed by atoms with E-state index in [1.54, 1.807) is 6.07 Å². The highest BCUT2D eigenvalue weighted by atomic mass is 79.9. The normalized spacial score (nSPS) is 19.2. The van der Waals surface area contributed by atoms with Gasteiger partial charge in [0.05, 0.1) is 23.8 Å². The fourth-order valence-corrected chi connectivity index (χ4v) is 3.57. The fraction of sp³-hybridized carbons (Fsp3) is 0.600. The van der Waals surface area contributed by atoms with E-state index >= 15 is 0 Å². The number of nitro groups is 1. The van der Waals surface area contributed by atoms with Gasteiger partial charge in [-0.3, -0.25) is 15.0 Å². The second-order valence-electron chi connectivity index (χ2n) is 5.82. The number of nitrogens with zero attached hydrogens (tertiary/aromatic N) is 3. The first kappa shape index (κ1) is 17.9. The van der Waals surface area contributed by atoms with E-state index in [1.807, 2.05) is 4.90 Å². The summed E-state index contributed by atoms with van der Waals surface area (Å²) in [7, 11) is 1.40. The van der Waals surface area contributed by atoms with Crippen LogP contribution in [0.2, 0.25) is 0 Å². The zero-order valence-electron chi connectivity index (χ0n) is 13.5. The number of hydrogen-bond acceptors (Lipinski definition) is 5. The monoisotopic (exact) mass is 389 g/mol. The molecule has 0 radical (unpaired) electrons. The zero-order chi connectivity index (χ0) is 17.1. The number of alkyl halides is 1. The molecule has 1 heterocycles. The highest BCUT2D eigenvalue weighted by molar-refractivity contribution is 9.10. The molecular weight excluding hydrogens is 369 g/mol. The molecule has 1 aromatic rings. The van der Waals surface area contributed by atoms with Gasteiger partial charge >= 0.3 is 5.69 Å². The van der Waals surface area contributed by atoms with Crippen molar-refractivity contribution >= 4 is 27.3 Å². The van der Waals surface area contributed by atoms with Crippen molar-refractivity contribution in [3.8, 4) is 5.75 Å². The van der Waals surface area contributed by atoms with Crippen LogP contribution in [-0.2, 0) is 0 Å². The summed E-state index contributed by atoms with van der Waals surface area (Å²) in [4.78, 5) is 14.8. The summed E-state index contributed by atoms with van der Waals surface area (Å²) in [5, 5.41) is 11.1. The van der Waals surface area contributed by atoms with Crippen molar-refractivity contribution in [2.45, 2.75) is 25.9 Å². The Hall–Kier alpha value is -1.41. The number of halogens is 2. The van der Waals surface area contributed by atoms with Gasteiger partial charge < -0.3 is 9.64 Å². The second-order valence-corrected chi connectivity index (χ2v) is 6.67. The standard InChI is InChI=1S/C15H21BrFN3O3/c1-10(2)19-5-4-18(9-11(19)8-17)13-7-15(23-3)14(20(21)22)6-12(13)16/h6-7,10-11H,4-5,8-9H2,1-3H3. The SMILES string of the molecule is COc1cc(N2CCN(C(C)C)C(CF)C2)c(Br)cc1[N+](=O)[O-]. The molecule has 0 N–H and O–H groups in total. The molecule has 0 bridgehead atoms. The van der Waals surface area contributed by atoms with Crippen LogP contribution in [0.25, 0.3) is 0 Å². The van der Waals surface area contributed by atoms with Crippen LogP contribution in [-0.4, -0.2) is 55.3 Å². The summed E-state index contributed by atoms with van der Waals surface area (Å²) >= 11 is 3.39. The van der Waals surface area contributed by atoms with E-state index in [0.29, 0.717) is 11.0 Å². The fourth-order valence-electron chi connectivity index (χ4n) is 2.99. The summed E-state index contributed by atoms with van der Waals surface area (Å²) in [5.74, 6) is 0.205. The van der Waals surface area contributed by atoms with E-state index in [-0.39, 0.29) is 23.5 Å². The third-order valence-electron chi connectivity index (χ3n) is 4.16. The average Bonchev–Trinajstić information content (AvgIpc) is 2.53. The molecule has 0 aromatic heterocycles. The van der Waals surface area contributed by atoms with Crippen molar-refractivity contribution in [1.29, 1.82) is 0 Å². The molecule has 1 aromatic carbocycles. The molecule has 8 heteroatoms. The van der Waals surface area contributed by atoms with Gasteiger partial charge in [0.2, 0.25) is 0 Å². The van der Waals surface area contributed by atoms with Crippen molar-refractivity contribution in [2.75, 3.05) is 38.3 Å². The first-order chi connectivity index (χ1) is 10.9. The first-order valence-corrected chi connectivity index (χ1v) is 8.26. The third kappa shape index (κ3) is 3.74. The molecular formula is C15H21BrFN3O3. The number of methoxy groups -OCH3 is 1. The van der Waals surface area contributed by atoms with E-state index in [9.17, 15) is 14.5 Å². The number of rotatable bonds is 5. The Kier molecular flexibility index (Phi) is 5.80. The number of anilines is 1. The Morgan fingerprint density at radius 3 is 2.70 bits per heavy atom. The van der Waals surface area contributed by atoms with Gasteiger partial charge in [-0.2, -0.15) is 0 Å². The maximum Gasteiger partial charge on any atom is 0.312 e. The molecule has 23 heavy (non-hydrogen) atoms. The highest BCUT2D eigenvalue weighted by Gasteiger charge is 2.30. The van der Waals surface area contributed by atoms with Gasteiger partial charge in [-0.25, -0.2) is 4.39 Å². The molecule has 0 saturated carbocycles. The summed E-state index contributed by atoms with van der Waals surface area (Å²) < 4.78 is 19.1. The molecule has 1 fully saturated rings. The maximum atomic E-state index is 13.4. The van der Waals surface area contributed by atoms with Gasteiger partial charge in [0.25, 0.3) is 0 Å². The molecule has 1 aliphatic heterocycles. The van der Waals surface area contributed by atoms with Gasteiger partial charge in [0, 0.05) is 42.3 Å². The lowest BCUT2D eigenvalue weighted by Crippen LogP contribution is -2.56. The Balaban J connectivity index is 2.30. The van der Waals surface area contributed by atoms with Crippen LogP contribution in [0.15, 0.2) is 16.6 Å². The molecule has 1 atom stereocenters. The van der Waals surface area contributed by atoms with Crippen molar-refractivity contribution in [1.82, 2.24) is 4.90 Å². The molecule has 0 aliphatic carbocycles. The summed E-state index contributed by atoms with van der Waals surface area (Å²) in [6.45, 7) is 5.71. The summed E-state index contributed by atoms with van der Waals surface area (Å²) in [5.41, 5.74) is 0.695. The minimum Gasteiger partial charge on any atom is -0.490 e. The summed E-state index contributed by atoms with van der Waals surface area (Å²) in [6.07, 6.45) is 0. The number of ether oxygens (including phenoxy) is 1. The lowest BCUT2D eigenvalue weighted by molar-refractivity contribution is -0.385. The lowest BCUT2D eigenvalue weighted by Gasteiger charge is -2.43. The van der Waals surface area contributed by atoms with E-state index in [0.717, 1.165) is 18.8 Å². The largest absolute Gasteiger partial charge is 0.490 e. The minimum absolute atomic E-state index is 0.0917. The maximum absolute atomic E-state index is 13.4. The number of piperazine rings is 1. The minimum atomic E-state index is -0.478. The topological polar surface area (TPSA) is 58.8 Å². The zero-order valence-corrected chi connectivity index (χ0v) is 15.0. The van der Waals surface area contributed by atoms with Crippen LogP contribution in [0, 0.1) is 10.1 Å². The van der Waals surface area contributed by atoms with Crippen molar-refractivity contribution in [3.05, 3.63) is 26.7 Å². The van der Waals surface area contributed by atoms with Crippen LogP contribution in [0.3, 0.4) is 0 Å². The van der Waals surface area contributed by atoms with E-state index in [2.05, 4.69) is 34.7 Å². The first-order valence-electron chi connectivity index (χ1n) is 7.47. The van der Waals surface area contributed by atoms with Gasteiger partial charge in [-0.05, 0) is 29.8 Å². The molecule has 1 aliphatic rings. The predicted molar refractivity (Wildman–Crippen MR) is 91.2 cm³/mol. The number of benzene rings is 1. The molecule has 1 saturated heterocycles. The third-order valence-corrected chi connectivity index (χ3v) is 4.79. The second kappa shape index (κ2) is 7.44. The average molecular weight is 390 g/mol. The van der Waals surface area contributed by atoms with Crippen LogP contribution < -0.4 is 9.64 Å². The predicted octanol–water partition coefficient (Wildman–Crippen LogP) is 3.23. The Morgan fingerprint density at radius 1 is 1.48 bits per heavy atom. The van der Waals surface area contributed by atoms with Gasteiger partial charge in [0.1, 0.15) is 6.67 Å². The van der Waals surface area contributed by atoms with Crippen molar-refractivity contribution in [2.24, 2.45) is 0 Å². The Labute approximate surface area is 143 Å². The van der Waals surface area contributed by atoms with Crippen molar-refractivity contribution < 1.29 is 14.1 Å². The summed E-state index contributed by atoms with van der Waals surface area (Å²) in [6, 6.07) is 3.18. The van der Waals surface area contributed by atoms with Gasteiger partial charge in [0.15, 0.2) is 5.75 Å².